The number of likely N-dealkylation sites (N-methyl/N-ethyl adjacent to an activating group) is 1. The van der Waals surface area contributed by atoms with E-state index >= 15 is 0 Å². The Bertz CT molecular complexity index is 934. The Morgan fingerprint density at radius 1 is 1.14 bits per heavy atom. The molecule has 0 aliphatic carbocycles. The zero-order valence-electron chi connectivity index (χ0n) is 15.6. The summed E-state index contributed by atoms with van der Waals surface area (Å²) in [7, 11) is 0. The lowest BCUT2D eigenvalue weighted by atomic mass is 10.2. The summed E-state index contributed by atoms with van der Waals surface area (Å²) in [4.78, 5) is 31.1. The van der Waals surface area contributed by atoms with Gasteiger partial charge in [0, 0.05) is 6.54 Å². The van der Waals surface area contributed by atoms with Crippen molar-refractivity contribution in [2.24, 2.45) is 4.99 Å². The van der Waals surface area contributed by atoms with E-state index in [1.165, 1.54) is 11.8 Å². The molecule has 6 nitrogen and oxygen atoms in total. The van der Waals surface area contributed by atoms with Gasteiger partial charge in [-0.05, 0) is 73.6 Å². The average molecular weight is 396 g/mol. The molecule has 28 heavy (non-hydrogen) atoms. The van der Waals surface area contributed by atoms with Gasteiger partial charge in [-0.1, -0.05) is 12.1 Å². The van der Waals surface area contributed by atoms with Crippen LogP contribution in [0.25, 0.3) is 6.08 Å². The quantitative estimate of drug-likeness (QED) is 0.605. The molecule has 7 heteroatoms. The molecule has 2 aromatic carbocycles. The van der Waals surface area contributed by atoms with Crippen molar-refractivity contribution in [1.82, 2.24) is 4.90 Å². The molecule has 144 valence electrons. The smallest absolute Gasteiger partial charge is 0.338 e. The number of carbonyl (C=O) groups excluding carboxylic acids is 2. The van der Waals surface area contributed by atoms with E-state index in [1.807, 2.05) is 6.92 Å². The Labute approximate surface area is 167 Å². The van der Waals surface area contributed by atoms with E-state index in [9.17, 15) is 14.7 Å². The van der Waals surface area contributed by atoms with Gasteiger partial charge in [-0.25, -0.2) is 9.79 Å². The molecular formula is C21H20N2O4S. The zero-order valence-corrected chi connectivity index (χ0v) is 16.4. The number of ether oxygens (including phenoxy) is 1. The van der Waals surface area contributed by atoms with E-state index in [4.69, 9.17) is 4.74 Å². The van der Waals surface area contributed by atoms with Gasteiger partial charge in [0.15, 0.2) is 5.17 Å². The van der Waals surface area contributed by atoms with Crippen molar-refractivity contribution in [2.75, 3.05) is 13.2 Å². The molecule has 0 spiro atoms. The standard InChI is InChI=1S/C21H20N2O4S/c1-3-23-19(25)18(13-14-5-11-17(24)12-6-14)28-21(23)22-16-9-7-15(8-10-16)20(26)27-4-2/h5-13,24H,3-4H2,1-2H3/b18-13+,22-21?. The van der Waals surface area contributed by atoms with Gasteiger partial charge < -0.3 is 9.84 Å². The maximum atomic E-state index is 12.7. The number of hydrogen-bond donors (Lipinski definition) is 1. The summed E-state index contributed by atoms with van der Waals surface area (Å²) < 4.78 is 4.97. The summed E-state index contributed by atoms with van der Waals surface area (Å²) in [5.74, 6) is -0.305. The number of aromatic hydroxyl groups is 1. The number of esters is 1. The van der Waals surface area contributed by atoms with Crippen LogP contribution in [0.4, 0.5) is 5.69 Å². The number of rotatable bonds is 5. The molecule has 3 rings (SSSR count). The van der Waals surface area contributed by atoms with Crippen molar-refractivity contribution in [3.05, 3.63) is 64.6 Å². The highest BCUT2D eigenvalue weighted by Gasteiger charge is 2.32. The number of phenolic OH excluding ortho intramolecular Hbond substituents is 1. The fourth-order valence-corrected chi connectivity index (χ4v) is 3.65. The number of nitrogens with zero attached hydrogens (tertiary/aromatic N) is 2. The van der Waals surface area contributed by atoms with Crippen LogP contribution in [0.3, 0.4) is 0 Å². The fraction of sp³-hybridized carbons (Fsp3) is 0.190. The van der Waals surface area contributed by atoms with Gasteiger partial charge in [0.1, 0.15) is 5.75 Å². The van der Waals surface area contributed by atoms with Crippen LogP contribution in [-0.2, 0) is 9.53 Å². The first-order valence-corrected chi connectivity index (χ1v) is 9.69. The minimum atomic E-state index is -0.374. The highest BCUT2D eigenvalue weighted by atomic mass is 32.2. The first kappa shape index (κ1) is 19.7. The molecule has 1 fully saturated rings. The Hall–Kier alpha value is -3.06. The minimum Gasteiger partial charge on any atom is -0.508 e. The third kappa shape index (κ3) is 4.43. The molecular weight excluding hydrogens is 376 g/mol. The van der Waals surface area contributed by atoms with E-state index in [2.05, 4.69) is 4.99 Å². The molecule has 2 aromatic rings. The Morgan fingerprint density at radius 2 is 1.82 bits per heavy atom. The second-order valence-corrected chi connectivity index (χ2v) is 6.92. The normalized spacial score (nSPS) is 16.8. The van der Waals surface area contributed by atoms with Gasteiger partial charge >= 0.3 is 5.97 Å². The van der Waals surface area contributed by atoms with E-state index in [-0.39, 0.29) is 17.6 Å². The second kappa shape index (κ2) is 8.75. The summed E-state index contributed by atoms with van der Waals surface area (Å²) in [6, 6.07) is 13.4. The number of aliphatic imine (C=N–C) groups is 1. The molecule has 1 saturated heterocycles. The molecule has 1 amide bonds. The second-order valence-electron chi connectivity index (χ2n) is 5.91. The number of hydrogen-bond acceptors (Lipinski definition) is 6. The van der Waals surface area contributed by atoms with Crippen molar-refractivity contribution in [3.8, 4) is 5.75 Å². The third-order valence-corrected chi connectivity index (χ3v) is 5.00. The van der Waals surface area contributed by atoms with Crippen molar-refractivity contribution in [2.45, 2.75) is 13.8 Å². The molecule has 0 radical (unpaired) electrons. The molecule has 1 N–H and O–H groups in total. The largest absolute Gasteiger partial charge is 0.508 e. The summed E-state index contributed by atoms with van der Waals surface area (Å²) in [5.41, 5.74) is 1.93. The van der Waals surface area contributed by atoms with Gasteiger partial charge in [0.05, 0.1) is 22.8 Å². The van der Waals surface area contributed by atoms with Crippen LogP contribution in [0.1, 0.15) is 29.8 Å². The fourth-order valence-electron chi connectivity index (χ4n) is 2.59. The number of amidine groups is 1. The molecule has 0 saturated carbocycles. The summed E-state index contributed by atoms with van der Waals surface area (Å²) >= 11 is 1.30. The van der Waals surface area contributed by atoms with Crippen molar-refractivity contribution in [3.63, 3.8) is 0 Å². The lowest BCUT2D eigenvalue weighted by Gasteiger charge is -2.12. The van der Waals surface area contributed by atoms with Crippen molar-refractivity contribution in [1.29, 1.82) is 0 Å². The highest BCUT2D eigenvalue weighted by molar-refractivity contribution is 8.18. The molecule has 0 bridgehead atoms. The topological polar surface area (TPSA) is 79.2 Å². The molecule has 0 atom stereocenters. The number of carbonyl (C=O) groups is 2. The van der Waals surface area contributed by atoms with Crippen LogP contribution in [0.5, 0.6) is 5.75 Å². The summed E-state index contributed by atoms with van der Waals surface area (Å²) in [6.07, 6.45) is 1.78. The van der Waals surface area contributed by atoms with E-state index < -0.39 is 0 Å². The SMILES string of the molecule is CCOC(=O)c1ccc(N=C2S/C(=C/c3ccc(O)cc3)C(=O)N2CC)cc1. The van der Waals surface area contributed by atoms with Crippen molar-refractivity contribution < 1.29 is 19.4 Å². The van der Waals surface area contributed by atoms with Gasteiger partial charge in [0.2, 0.25) is 0 Å². The molecule has 1 aliphatic rings. The van der Waals surface area contributed by atoms with Crippen LogP contribution in [0.15, 0.2) is 58.4 Å². The molecule has 0 unspecified atom stereocenters. The van der Waals surface area contributed by atoms with Crippen LogP contribution < -0.4 is 0 Å². The van der Waals surface area contributed by atoms with Crippen LogP contribution in [0.2, 0.25) is 0 Å². The monoisotopic (exact) mass is 396 g/mol. The predicted molar refractivity (Wildman–Crippen MR) is 111 cm³/mol. The summed E-state index contributed by atoms with van der Waals surface area (Å²) in [6.45, 7) is 4.47. The third-order valence-electron chi connectivity index (χ3n) is 4.00. The molecule has 0 aromatic heterocycles. The van der Waals surface area contributed by atoms with Crippen LogP contribution in [0, 0.1) is 0 Å². The van der Waals surface area contributed by atoms with Gasteiger partial charge in [-0.3, -0.25) is 9.69 Å². The highest BCUT2D eigenvalue weighted by Crippen LogP contribution is 2.34. The molecule has 1 heterocycles. The lowest BCUT2D eigenvalue weighted by molar-refractivity contribution is -0.122. The van der Waals surface area contributed by atoms with E-state index in [1.54, 1.807) is 66.4 Å². The maximum Gasteiger partial charge on any atom is 0.338 e. The van der Waals surface area contributed by atoms with E-state index in [0.29, 0.717) is 34.5 Å². The minimum absolute atomic E-state index is 0.109. The first-order chi connectivity index (χ1) is 13.5. The lowest BCUT2D eigenvalue weighted by Crippen LogP contribution is -2.28. The maximum absolute atomic E-state index is 12.7. The first-order valence-electron chi connectivity index (χ1n) is 8.88. The van der Waals surface area contributed by atoms with Gasteiger partial charge in [0.25, 0.3) is 5.91 Å². The Balaban J connectivity index is 1.83. The number of amides is 1. The van der Waals surface area contributed by atoms with Gasteiger partial charge in [-0.15, -0.1) is 0 Å². The predicted octanol–water partition coefficient (Wildman–Crippen LogP) is 4.19. The van der Waals surface area contributed by atoms with Crippen LogP contribution in [-0.4, -0.2) is 40.2 Å². The average Bonchev–Trinajstić information content (AvgIpc) is 2.98. The summed E-state index contributed by atoms with van der Waals surface area (Å²) in [5, 5.41) is 9.97. The number of phenols is 1. The van der Waals surface area contributed by atoms with Crippen LogP contribution >= 0.6 is 11.8 Å². The molecule has 1 aliphatic heterocycles. The number of benzene rings is 2. The zero-order chi connectivity index (χ0) is 20.1. The number of thioether (sulfide) groups is 1. The Kier molecular flexibility index (Phi) is 6.16. The van der Waals surface area contributed by atoms with Crippen molar-refractivity contribution >= 4 is 40.6 Å². The van der Waals surface area contributed by atoms with E-state index in [0.717, 1.165) is 5.56 Å². The Morgan fingerprint density at radius 3 is 2.43 bits per heavy atom. The van der Waals surface area contributed by atoms with Gasteiger partial charge in [-0.2, -0.15) is 0 Å².